The van der Waals surface area contributed by atoms with E-state index in [0.717, 1.165) is 15.8 Å². The molecule has 0 spiro atoms. The van der Waals surface area contributed by atoms with E-state index < -0.39 is 5.56 Å². The molecule has 0 saturated carbocycles. The molecule has 0 radical (unpaired) electrons. The van der Waals surface area contributed by atoms with E-state index in [1.165, 1.54) is 28.4 Å². The molecule has 0 fully saturated rings. The molecule has 4 N–H and O–H groups in total. The summed E-state index contributed by atoms with van der Waals surface area (Å²) in [4.78, 5) is 31.2. The van der Waals surface area contributed by atoms with Gasteiger partial charge in [0.25, 0.3) is 5.56 Å². The van der Waals surface area contributed by atoms with E-state index >= 15 is 0 Å². The van der Waals surface area contributed by atoms with Gasteiger partial charge in [0, 0.05) is 15.3 Å². The zero-order valence-corrected chi connectivity index (χ0v) is 18.7. The van der Waals surface area contributed by atoms with Gasteiger partial charge in [-0.15, -0.1) is 16.4 Å². The third-order valence-electron chi connectivity index (χ3n) is 5.17. The summed E-state index contributed by atoms with van der Waals surface area (Å²) in [6, 6.07) is 8.91. The van der Waals surface area contributed by atoms with Gasteiger partial charge >= 0.3 is 0 Å². The molecule has 0 bridgehead atoms. The lowest BCUT2D eigenvalue weighted by molar-refractivity contribution is -0.121. The lowest BCUT2D eigenvalue weighted by Gasteiger charge is -2.26. The van der Waals surface area contributed by atoms with Crippen LogP contribution in [0.15, 0.2) is 47.7 Å². The number of rotatable bonds is 5. The predicted octanol–water partition coefficient (Wildman–Crippen LogP) is 2.35. The average molecular weight is 484 g/mol. The largest absolute Gasteiger partial charge is 0.473 e. The molecule has 0 aliphatic carbocycles. The SMILES string of the molecule is Nc1cnnc2sc(CNC(=O)Cn3cnc4c(c3=O)N[C@H](c3ccc(Cl)cc3)CO4)cc12. The van der Waals surface area contributed by atoms with Gasteiger partial charge in [0.05, 0.1) is 24.5 Å². The Morgan fingerprint density at radius 2 is 2.18 bits per heavy atom. The maximum atomic E-state index is 13.0. The Bertz CT molecular complexity index is 1400. The summed E-state index contributed by atoms with van der Waals surface area (Å²) in [5.74, 6) is -0.118. The van der Waals surface area contributed by atoms with Crippen LogP contribution < -0.4 is 26.7 Å². The Balaban J connectivity index is 1.27. The van der Waals surface area contributed by atoms with E-state index in [1.54, 1.807) is 12.1 Å². The minimum absolute atomic E-state index is 0.181. The van der Waals surface area contributed by atoms with E-state index in [1.807, 2.05) is 18.2 Å². The molecule has 1 aliphatic rings. The number of hydrogen-bond donors (Lipinski definition) is 3. The van der Waals surface area contributed by atoms with E-state index in [-0.39, 0.29) is 36.6 Å². The maximum absolute atomic E-state index is 13.0. The van der Waals surface area contributed by atoms with Crippen LogP contribution in [0.25, 0.3) is 10.2 Å². The van der Waals surface area contributed by atoms with Crippen molar-refractivity contribution in [1.82, 2.24) is 25.1 Å². The zero-order valence-electron chi connectivity index (χ0n) is 17.1. The highest BCUT2D eigenvalue weighted by molar-refractivity contribution is 7.18. The van der Waals surface area contributed by atoms with Crippen molar-refractivity contribution in [2.45, 2.75) is 19.1 Å². The molecule has 1 aromatic carbocycles. The zero-order chi connectivity index (χ0) is 22.9. The Morgan fingerprint density at radius 3 is 2.97 bits per heavy atom. The molecule has 4 heterocycles. The van der Waals surface area contributed by atoms with E-state index in [4.69, 9.17) is 22.1 Å². The maximum Gasteiger partial charge on any atom is 0.281 e. The van der Waals surface area contributed by atoms with Gasteiger partial charge in [-0.2, -0.15) is 5.10 Å². The lowest BCUT2D eigenvalue weighted by Crippen LogP contribution is -2.36. The predicted molar refractivity (Wildman–Crippen MR) is 125 cm³/mol. The molecule has 1 aliphatic heterocycles. The number of ether oxygens (including phenoxy) is 1. The highest BCUT2D eigenvalue weighted by Crippen LogP contribution is 2.30. The number of nitrogens with zero attached hydrogens (tertiary/aromatic N) is 4. The van der Waals surface area contributed by atoms with Crippen molar-refractivity contribution >= 4 is 50.4 Å². The van der Waals surface area contributed by atoms with Gasteiger partial charge in [0.1, 0.15) is 24.3 Å². The molecule has 1 atom stereocenters. The quantitative estimate of drug-likeness (QED) is 0.393. The minimum Gasteiger partial charge on any atom is -0.473 e. The van der Waals surface area contributed by atoms with Crippen LogP contribution in [0.1, 0.15) is 16.5 Å². The number of anilines is 2. The molecule has 10 nitrogen and oxygen atoms in total. The summed E-state index contributed by atoms with van der Waals surface area (Å²) in [5.41, 5.74) is 7.19. The van der Waals surface area contributed by atoms with Crippen molar-refractivity contribution in [1.29, 1.82) is 0 Å². The number of nitrogen functional groups attached to an aromatic ring is 1. The molecule has 168 valence electrons. The molecule has 33 heavy (non-hydrogen) atoms. The normalized spacial score (nSPS) is 14.9. The second-order valence-corrected chi connectivity index (χ2v) is 8.98. The number of nitrogens with one attached hydrogen (secondary N) is 2. The average Bonchev–Trinajstić information content (AvgIpc) is 3.25. The lowest BCUT2D eigenvalue weighted by atomic mass is 10.1. The van der Waals surface area contributed by atoms with Gasteiger partial charge in [-0.05, 0) is 23.8 Å². The van der Waals surface area contributed by atoms with E-state index in [0.29, 0.717) is 22.1 Å². The standard InChI is InChI=1S/C21H18ClN7O3S/c22-12-3-1-11(2-4-12)16-9-32-19-18(27-16)21(31)29(10-25-19)8-17(30)24-6-13-5-14-15(23)7-26-28-20(14)33-13/h1-5,7,10,16,27H,6,8-9H2,(H2,23,28)(H,24,30)/t16-/m0/s1. The number of fused-ring (bicyclic) bond motifs is 2. The Kier molecular flexibility index (Phi) is 5.56. The highest BCUT2D eigenvalue weighted by atomic mass is 35.5. The van der Waals surface area contributed by atoms with E-state index in [9.17, 15) is 9.59 Å². The topological polar surface area (TPSA) is 137 Å². The monoisotopic (exact) mass is 483 g/mol. The second kappa shape index (κ2) is 8.68. The first-order chi connectivity index (χ1) is 16.0. The fourth-order valence-electron chi connectivity index (χ4n) is 3.48. The first-order valence-electron chi connectivity index (χ1n) is 9.98. The number of carbonyl (C=O) groups excluding carboxylic acids is 1. The Hall–Kier alpha value is -3.70. The molecule has 4 aromatic rings. The molecule has 0 unspecified atom stereocenters. The molecular formula is C21H18ClN7O3S. The van der Waals surface area contributed by atoms with Gasteiger partial charge in [-0.25, -0.2) is 4.98 Å². The van der Waals surface area contributed by atoms with Gasteiger partial charge in [0.2, 0.25) is 11.8 Å². The van der Waals surface area contributed by atoms with E-state index in [2.05, 4.69) is 25.8 Å². The van der Waals surface area contributed by atoms with Crippen LogP contribution in [0.4, 0.5) is 11.4 Å². The van der Waals surface area contributed by atoms with Crippen molar-refractivity contribution in [3.8, 4) is 5.88 Å². The third kappa shape index (κ3) is 4.32. The molecule has 1 amide bonds. The number of hydrogen-bond acceptors (Lipinski definition) is 9. The van der Waals surface area contributed by atoms with Gasteiger partial charge in [0.15, 0.2) is 5.69 Å². The summed E-state index contributed by atoms with van der Waals surface area (Å²) < 4.78 is 6.90. The first kappa shape index (κ1) is 21.2. The van der Waals surface area contributed by atoms with Crippen LogP contribution in [0.2, 0.25) is 5.02 Å². The van der Waals surface area contributed by atoms with Crippen molar-refractivity contribution < 1.29 is 9.53 Å². The summed E-state index contributed by atoms with van der Waals surface area (Å²) in [6.45, 7) is 0.418. The first-order valence-corrected chi connectivity index (χ1v) is 11.2. The number of carbonyl (C=O) groups is 1. The van der Waals surface area contributed by atoms with Crippen LogP contribution in [0, 0.1) is 0 Å². The highest BCUT2D eigenvalue weighted by Gasteiger charge is 2.25. The van der Waals surface area contributed by atoms with Crippen LogP contribution in [-0.4, -0.2) is 32.3 Å². The van der Waals surface area contributed by atoms with Crippen molar-refractivity contribution in [2.24, 2.45) is 0 Å². The summed E-state index contributed by atoms with van der Waals surface area (Å²) >= 11 is 7.35. The number of thiophene rings is 1. The summed E-state index contributed by atoms with van der Waals surface area (Å²) in [7, 11) is 0. The number of benzene rings is 1. The van der Waals surface area contributed by atoms with Gasteiger partial charge in [-0.3, -0.25) is 14.2 Å². The smallest absolute Gasteiger partial charge is 0.281 e. The fraction of sp³-hybridized carbons (Fsp3) is 0.190. The number of nitrogens with two attached hydrogens (primary N) is 1. The molecule has 12 heteroatoms. The van der Waals surface area contributed by atoms with Crippen LogP contribution in [0.5, 0.6) is 5.88 Å². The van der Waals surface area contributed by atoms with Crippen LogP contribution >= 0.6 is 22.9 Å². The molecule has 3 aromatic heterocycles. The Labute approximate surface area is 196 Å². The molecule has 5 rings (SSSR count). The molecular weight excluding hydrogens is 466 g/mol. The van der Waals surface area contributed by atoms with Gasteiger partial charge in [-0.1, -0.05) is 23.7 Å². The van der Waals surface area contributed by atoms with Gasteiger partial charge < -0.3 is 21.1 Å². The Morgan fingerprint density at radius 1 is 1.36 bits per heavy atom. The number of halogens is 1. The number of amides is 1. The molecule has 0 saturated heterocycles. The third-order valence-corrected chi connectivity index (χ3v) is 6.45. The van der Waals surface area contributed by atoms with Crippen LogP contribution in [0.3, 0.4) is 0 Å². The fourth-order valence-corrected chi connectivity index (χ4v) is 4.55. The minimum atomic E-state index is -0.390. The van der Waals surface area contributed by atoms with Crippen molar-refractivity contribution in [3.63, 3.8) is 0 Å². The van der Waals surface area contributed by atoms with Crippen molar-refractivity contribution in [3.05, 3.63) is 68.7 Å². The van der Waals surface area contributed by atoms with Crippen molar-refractivity contribution in [2.75, 3.05) is 17.7 Å². The second-order valence-electron chi connectivity index (χ2n) is 7.43. The van der Waals surface area contributed by atoms with Crippen LogP contribution in [-0.2, 0) is 17.9 Å². The summed E-state index contributed by atoms with van der Waals surface area (Å²) in [5, 5.41) is 15.3. The number of aromatic nitrogens is 4. The summed E-state index contributed by atoms with van der Waals surface area (Å²) in [6.07, 6.45) is 2.79.